The van der Waals surface area contributed by atoms with Crippen LogP contribution < -0.4 is 4.74 Å². The van der Waals surface area contributed by atoms with Crippen LogP contribution in [0.15, 0.2) is 16.6 Å². The van der Waals surface area contributed by atoms with Crippen molar-refractivity contribution >= 4 is 26.0 Å². The van der Waals surface area contributed by atoms with E-state index in [1.807, 2.05) is 26.0 Å². The number of sulfonamides is 1. The number of hydrogen-bond donors (Lipinski definition) is 0. The molecule has 0 saturated carbocycles. The second-order valence-electron chi connectivity index (χ2n) is 5.37. The zero-order valence-corrected chi connectivity index (χ0v) is 14.4. The number of ether oxygens (including phenoxy) is 1. The number of hydrogen-bond acceptors (Lipinski definition) is 3. The summed E-state index contributed by atoms with van der Waals surface area (Å²) in [7, 11) is -3.13. The smallest absolute Gasteiger partial charge is 0.211 e. The van der Waals surface area contributed by atoms with Crippen LogP contribution in [-0.2, 0) is 10.0 Å². The molecule has 1 aliphatic heterocycles. The molecule has 0 N–H and O–H groups in total. The average molecular weight is 362 g/mol. The summed E-state index contributed by atoms with van der Waals surface area (Å²) in [6, 6.07) is 3.97. The molecule has 2 rings (SSSR count). The van der Waals surface area contributed by atoms with Gasteiger partial charge in [0.15, 0.2) is 0 Å². The van der Waals surface area contributed by atoms with Crippen LogP contribution in [0.25, 0.3) is 0 Å². The van der Waals surface area contributed by atoms with E-state index in [4.69, 9.17) is 4.74 Å². The van der Waals surface area contributed by atoms with Gasteiger partial charge in [0.05, 0.1) is 12.8 Å². The molecule has 1 fully saturated rings. The first-order chi connectivity index (χ1) is 9.27. The van der Waals surface area contributed by atoms with Crippen molar-refractivity contribution in [1.82, 2.24) is 4.31 Å². The Labute approximate surface area is 129 Å². The molecule has 1 aromatic rings. The lowest BCUT2D eigenvalue weighted by molar-refractivity contribution is 0.130. The molecule has 0 spiro atoms. The maximum Gasteiger partial charge on any atom is 0.211 e. The van der Waals surface area contributed by atoms with E-state index in [-0.39, 0.29) is 6.10 Å². The van der Waals surface area contributed by atoms with Gasteiger partial charge in [0.2, 0.25) is 10.0 Å². The maximum absolute atomic E-state index is 11.6. The Morgan fingerprint density at radius 2 is 1.90 bits per heavy atom. The first-order valence-corrected chi connectivity index (χ1v) is 9.30. The minimum atomic E-state index is -3.13. The minimum Gasteiger partial charge on any atom is -0.489 e. The summed E-state index contributed by atoms with van der Waals surface area (Å²) in [5.74, 6) is 0.809. The van der Waals surface area contributed by atoms with Gasteiger partial charge in [-0.25, -0.2) is 8.42 Å². The van der Waals surface area contributed by atoms with E-state index in [0.29, 0.717) is 13.1 Å². The van der Waals surface area contributed by atoms with Crippen LogP contribution in [-0.4, -0.2) is 38.2 Å². The van der Waals surface area contributed by atoms with Crippen molar-refractivity contribution in [1.29, 1.82) is 0 Å². The van der Waals surface area contributed by atoms with E-state index < -0.39 is 10.0 Å². The van der Waals surface area contributed by atoms with Gasteiger partial charge in [0, 0.05) is 11.0 Å². The van der Waals surface area contributed by atoms with E-state index in [1.54, 1.807) is 0 Å². The third-order valence-electron chi connectivity index (χ3n) is 3.52. The fourth-order valence-electron chi connectivity index (χ4n) is 2.47. The summed E-state index contributed by atoms with van der Waals surface area (Å²) in [4.78, 5) is 0. The number of piperidine rings is 1. The maximum atomic E-state index is 11.6. The molecule has 20 heavy (non-hydrogen) atoms. The number of halogens is 1. The van der Waals surface area contributed by atoms with Crippen molar-refractivity contribution in [3.63, 3.8) is 0 Å². The van der Waals surface area contributed by atoms with Gasteiger partial charge in [-0.15, -0.1) is 0 Å². The molecule has 0 aliphatic carbocycles. The Bertz CT molecular complexity index is 577. The van der Waals surface area contributed by atoms with Crippen LogP contribution >= 0.6 is 15.9 Å². The van der Waals surface area contributed by atoms with E-state index in [0.717, 1.165) is 34.2 Å². The van der Waals surface area contributed by atoms with Crippen LogP contribution in [0.2, 0.25) is 0 Å². The van der Waals surface area contributed by atoms with Crippen LogP contribution in [0.5, 0.6) is 5.75 Å². The van der Waals surface area contributed by atoms with Crippen molar-refractivity contribution in [2.24, 2.45) is 0 Å². The van der Waals surface area contributed by atoms with E-state index in [1.165, 1.54) is 10.6 Å². The Morgan fingerprint density at radius 3 is 2.45 bits per heavy atom. The molecule has 1 aliphatic rings. The quantitative estimate of drug-likeness (QED) is 0.831. The summed E-state index contributed by atoms with van der Waals surface area (Å²) in [6.45, 7) is 5.07. The highest BCUT2D eigenvalue weighted by atomic mass is 79.9. The third kappa shape index (κ3) is 3.74. The van der Waals surface area contributed by atoms with Gasteiger partial charge in [-0.3, -0.25) is 0 Å². The lowest BCUT2D eigenvalue weighted by atomic mass is 10.1. The van der Waals surface area contributed by atoms with Crippen LogP contribution in [0.3, 0.4) is 0 Å². The molecular formula is C14H20BrNO3S. The SMILES string of the molecule is Cc1cc(O[C@@H]2CCCN(S(C)(=O)=O)C2)cc(C)c1Br. The Balaban J connectivity index is 2.10. The summed E-state index contributed by atoms with van der Waals surface area (Å²) in [5.41, 5.74) is 2.24. The fourth-order valence-corrected chi connectivity index (χ4v) is 3.60. The highest BCUT2D eigenvalue weighted by molar-refractivity contribution is 9.10. The van der Waals surface area contributed by atoms with Gasteiger partial charge in [0.25, 0.3) is 0 Å². The highest BCUT2D eigenvalue weighted by Crippen LogP contribution is 2.28. The largest absolute Gasteiger partial charge is 0.489 e. The minimum absolute atomic E-state index is 0.0709. The predicted molar refractivity (Wildman–Crippen MR) is 83.7 cm³/mol. The molecule has 0 radical (unpaired) electrons. The first kappa shape index (κ1) is 15.8. The van der Waals surface area contributed by atoms with Gasteiger partial charge in [-0.05, 0) is 49.9 Å². The van der Waals surface area contributed by atoms with Crippen LogP contribution in [0.1, 0.15) is 24.0 Å². The number of rotatable bonds is 3. The third-order valence-corrected chi connectivity index (χ3v) is 6.04. The first-order valence-electron chi connectivity index (χ1n) is 6.66. The van der Waals surface area contributed by atoms with Gasteiger partial charge in [0.1, 0.15) is 11.9 Å². The van der Waals surface area contributed by atoms with E-state index >= 15 is 0 Å². The predicted octanol–water partition coefficient (Wildman–Crippen LogP) is 2.87. The number of benzene rings is 1. The van der Waals surface area contributed by atoms with Crippen molar-refractivity contribution < 1.29 is 13.2 Å². The molecule has 0 unspecified atom stereocenters. The van der Waals surface area contributed by atoms with Crippen molar-refractivity contribution in [3.8, 4) is 5.75 Å². The Morgan fingerprint density at radius 1 is 1.30 bits per heavy atom. The molecular weight excluding hydrogens is 342 g/mol. The second-order valence-corrected chi connectivity index (χ2v) is 8.15. The van der Waals surface area contributed by atoms with E-state index in [9.17, 15) is 8.42 Å². The number of aryl methyl sites for hydroxylation is 2. The topological polar surface area (TPSA) is 46.6 Å². The van der Waals surface area contributed by atoms with Gasteiger partial charge in [-0.2, -0.15) is 4.31 Å². The van der Waals surface area contributed by atoms with Gasteiger partial charge in [-0.1, -0.05) is 15.9 Å². The number of nitrogens with zero attached hydrogens (tertiary/aromatic N) is 1. The van der Waals surface area contributed by atoms with Crippen LogP contribution in [0, 0.1) is 13.8 Å². The fraction of sp³-hybridized carbons (Fsp3) is 0.571. The highest BCUT2D eigenvalue weighted by Gasteiger charge is 2.27. The molecule has 0 aromatic heterocycles. The zero-order chi connectivity index (χ0) is 14.9. The Kier molecular flexibility index (Phi) is 4.76. The summed E-state index contributed by atoms with van der Waals surface area (Å²) < 4.78 is 31.8. The molecule has 6 heteroatoms. The van der Waals surface area contributed by atoms with Crippen molar-refractivity contribution in [3.05, 3.63) is 27.7 Å². The van der Waals surface area contributed by atoms with Crippen molar-refractivity contribution in [2.45, 2.75) is 32.8 Å². The van der Waals surface area contributed by atoms with E-state index in [2.05, 4.69) is 15.9 Å². The lowest BCUT2D eigenvalue weighted by Crippen LogP contribution is -2.43. The molecule has 1 heterocycles. The zero-order valence-electron chi connectivity index (χ0n) is 12.0. The molecule has 1 atom stereocenters. The summed E-state index contributed by atoms with van der Waals surface area (Å²) >= 11 is 3.53. The van der Waals surface area contributed by atoms with Gasteiger partial charge < -0.3 is 4.74 Å². The normalized spacial score (nSPS) is 20.9. The molecule has 0 amide bonds. The lowest BCUT2D eigenvalue weighted by Gasteiger charge is -2.31. The summed E-state index contributed by atoms with van der Waals surface area (Å²) in [6.07, 6.45) is 2.91. The van der Waals surface area contributed by atoms with Crippen molar-refractivity contribution in [2.75, 3.05) is 19.3 Å². The second kappa shape index (κ2) is 6.03. The molecule has 4 nitrogen and oxygen atoms in total. The summed E-state index contributed by atoms with van der Waals surface area (Å²) in [5, 5.41) is 0. The monoisotopic (exact) mass is 361 g/mol. The average Bonchev–Trinajstić information content (AvgIpc) is 2.35. The molecule has 112 valence electrons. The van der Waals surface area contributed by atoms with Gasteiger partial charge >= 0.3 is 0 Å². The standard InChI is InChI=1S/C14H20BrNO3S/c1-10-7-13(8-11(2)14(10)15)19-12-5-4-6-16(9-12)20(3,17)18/h7-8,12H,4-6,9H2,1-3H3/t12-/m1/s1. The molecule has 1 aromatic carbocycles. The Hall–Kier alpha value is -0.590. The van der Waals surface area contributed by atoms with Crippen LogP contribution in [0.4, 0.5) is 0 Å². The molecule has 1 saturated heterocycles. The molecule has 0 bridgehead atoms.